The van der Waals surface area contributed by atoms with Gasteiger partial charge in [0.2, 0.25) is 0 Å². The summed E-state index contributed by atoms with van der Waals surface area (Å²) in [6.45, 7) is 7.81. The number of aryl methyl sites for hydroxylation is 4. The van der Waals surface area contributed by atoms with Gasteiger partial charge in [-0.15, -0.1) is 0 Å². The van der Waals surface area contributed by atoms with Crippen LogP contribution in [-0.4, -0.2) is 42.8 Å². The Labute approximate surface area is 178 Å². The molecule has 1 amide bonds. The molecule has 0 atom stereocenters. The van der Waals surface area contributed by atoms with Crippen molar-refractivity contribution in [1.29, 1.82) is 0 Å². The van der Waals surface area contributed by atoms with Crippen LogP contribution >= 0.6 is 0 Å². The third-order valence-corrected chi connectivity index (χ3v) is 6.05. The molecule has 2 aromatic rings. The molecule has 1 aliphatic carbocycles. The van der Waals surface area contributed by atoms with Gasteiger partial charge in [-0.1, -0.05) is 17.7 Å². The highest BCUT2D eigenvalue weighted by Crippen LogP contribution is 2.42. The molecule has 0 bridgehead atoms. The van der Waals surface area contributed by atoms with Crippen molar-refractivity contribution in [3.63, 3.8) is 0 Å². The van der Waals surface area contributed by atoms with Gasteiger partial charge in [0.1, 0.15) is 5.75 Å². The zero-order chi connectivity index (χ0) is 21.3. The van der Waals surface area contributed by atoms with Crippen LogP contribution in [0.4, 0.5) is 4.79 Å². The number of nitrogens with zero attached hydrogens (tertiary/aromatic N) is 2. The standard InChI is InChI=1S/C25H30N2O3/c1-5-30-25(28)27-10-8-18(9-11-27)23-22-19(12-16(2)14-21(22)29-4)6-7-20-13-17(3)15-26-24(20)23/h12-15H,5-11H2,1-4H3. The Morgan fingerprint density at radius 2 is 1.73 bits per heavy atom. The molecule has 0 N–H and O–H groups in total. The zero-order valence-electron chi connectivity index (χ0n) is 18.4. The number of piperidine rings is 1. The maximum Gasteiger partial charge on any atom is 0.409 e. The summed E-state index contributed by atoms with van der Waals surface area (Å²) in [6.07, 6.45) is 5.31. The number of amides is 1. The smallest absolute Gasteiger partial charge is 0.409 e. The van der Waals surface area contributed by atoms with Crippen LogP contribution in [0.5, 0.6) is 5.75 Å². The molecular formula is C25H30N2O3. The lowest BCUT2D eigenvalue weighted by Gasteiger charge is -2.30. The van der Waals surface area contributed by atoms with E-state index in [-0.39, 0.29) is 6.09 Å². The molecule has 0 saturated carbocycles. The lowest BCUT2D eigenvalue weighted by molar-refractivity contribution is 0.104. The molecule has 158 valence electrons. The van der Waals surface area contributed by atoms with Gasteiger partial charge in [-0.05, 0) is 74.8 Å². The topological polar surface area (TPSA) is 51.7 Å². The molecule has 2 heterocycles. The van der Waals surface area contributed by atoms with Crippen molar-refractivity contribution in [1.82, 2.24) is 9.88 Å². The van der Waals surface area contributed by atoms with Crippen LogP contribution in [0.2, 0.25) is 0 Å². The largest absolute Gasteiger partial charge is 0.496 e. The highest BCUT2D eigenvalue weighted by Gasteiger charge is 2.29. The summed E-state index contributed by atoms with van der Waals surface area (Å²) in [5.41, 5.74) is 9.81. The Morgan fingerprint density at radius 1 is 1.03 bits per heavy atom. The molecule has 0 radical (unpaired) electrons. The van der Waals surface area contributed by atoms with E-state index in [9.17, 15) is 4.79 Å². The average Bonchev–Trinajstić information content (AvgIpc) is 2.90. The van der Waals surface area contributed by atoms with Gasteiger partial charge in [0.05, 0.1) is 19.4 Å². The van der Waals surface area contributed by atoms with Gasteiger partial charge in [-0.3, -0.25) is 4.98 Å². The first-order chi connectivity index (χ1) is 14.5. The van der Waals surface area contributed by atoms with E-state index in [0.29, 0.717) is 19.7 Å². The molecule has 0 unspecified atom stereocenters. The van der Waals surface area contributed by atoms with Crippen molar-refractivity contribution < 1.29 is 14.3 Å². The fourth-order valence-electron chi connectivity index (χ4n) is 4.67. The number of pyridine rings is 1. The van der Waals surface area contributed by atoms with Crippen LogP contribution in [0.1, 0.15) is 53.3 Å². The maximum absolute atomic E-state index is 12.2. The summed E-state index contributed by atoms with van der Waals surface area (Å²) >= 11 is 0. The average molecular weight is 407 g/mol. The van der Waals surface area contributed by atoms with E-state index in [1.54, 1.807) is 12.0 Å². The number of aromatic nitrogens is 1. The minimum atomic E-state index is -0.217. The number of hydrogen-bond donors (Lipinski definition) is 0. The maximum atomic E-state index is 12.2. The monoisotopic (exact) mass is 406 g/mol. The van der Waals surface area contributed by atoms with E-state index >= 15 is 0 Å². The summed E-state index contributed by atoms with van der Waals surface area (Å²) in [7, 11) is 1.75. The van der Waals surface area contributed by atoms with Gasteiger partial charge in [-0.25, -0.2) is 4.79 Å². The predicted molar refractivity (Wildman–Crippen MR) is 118 cm³/mol. The number of hydrogen-bond acceptors (Lipinski definition) is 4. The van der Waals surface area contributed by atoms with Gasteiger partial charge < -0.3 is 14.4 Å². The Kier molecular flexibility index (Phi) is 5.80. The number of carbonyl (C=O) groups is 1. The second-order valence-corrected chi connectivity index (χ2v) is 8.19. The normalized spacial score (nSPS) is 15.9. The first-order valence-electron chi connectivity index (χ1n) is 10.8. The number of benzene rings is 1. The first kappa shape index (κ1) is 20.5. The summed E-state index contributed by atoms with van der Waals surface area (Å²) in [5.74, 6) is 0.913. The molecule has 0 spiro atoms. The van der Waals surface area contributed by atoms with E-state index in [1.807, 2.05) is 13.1 Å². The lowest BCUT2D eigenvalue weighted by atomic mass is 9.87. The molecule has 1 aromatic heterocycles. The van der Waals surface area contributed by atoms with Gasteiger partial charge in [-0.2, -0.15) is 0 Å². The molecule has 1 saturated heterocycles. The Balaban J connectivity index is 1.84. The van der Waals surface area contributed by atoms with Crippen molar-refractivity contribution >= 4 is 11.7 Å². The molecule has 1 aliphatic heterocycles. The molecule has 4 rings (SSSR count). The SMILES string of the molecule is CCOC(=O)N1CCC(=C2c3ncc(C)cc3CCc3cc(C)cc(OC)c32)CC1. The minimum absolute atomic E-state index is 0.217. The van der Waals surface area contributed by atoms with Crippen molar-refractivity contribution in [2.24, 2.45) is 0 Å². The number of rotatable bonds is 2. The van der Waals surface area contributed by atoms with Crippen LogP contribution in [0, 0.1) is 13.8 Å². The quantitative estimate of drug-likeness (QED) is 0.715. The van der Waals surface area contributed by atoms with Crippen molar-refractivity contribution in [2.45, 2.75) is 46.5 Å². The highest BCUT2D eigenvalue weighted by molar-refractivity contribution is 5.87. The fraction of sp³-hybridized carbons (Fsp3) is 0.440. The van der Waals surface area contributed by atoms with Gasteiger partial charge in [0.15, 0.2) is 0 Å². The number of ether oxygens (including phenoxy) is 2. The van der Waals surface area contributed by atoms with Gasteiger partial charge in [0, 0.05) is 30.4 Å². The first-order valence-corrected chi connectivity index (χ1v) is 10.8. The minimum Gasteiger partial charge on any atom is -0.496 e. The third kappa shape index (κ3) is 3.81. The van der Waals surface area contributed by atoms with Crippen LogP contribution in [-0.2, 0) is 17.6 Å². The van der Waals surface area contributed by atoms with Crippen molar-refractivity contribution in [3.05, 3.63) is 63.5 Å². The second kappa shape index (κ2) is 8.50. The number of likely N-dealkylation sites (tertiary alicyclic amines) is 1. The molecule has 5 nitrogen and oxygen atoms in total. The molecule has 1 fully saturated rings. The van der Waals surface area contributed by atoms with E-state index in [0.717, 1.165) is 37.1 Å². The van der Waals surface area contributed by atoms with Gasteiger partial charge >= 0.3 is 6.09 Å². The van der Waals surface area contributed by atoms with E-state index < -0.39 is 0 Å². The summed E-state index contributed by atoms with van der Waals surface area (Å²) in [4.78, 5) is 18.9. The molecular weight excluding hydrogens is 376 g/mol. The zero-order valence-corrected chi connectivity index (χ0v) is 18.4. The van der Waals surface area contributed by atoms with Crippen LogP contribution in [0.15, 0.2) is 30.0 Å². The van der Waals surface area contributed by atoms with E-state index in [1.165, 1.54) is 39.0 Å². The summed E-state index contributed by atoms with van der Waals surface area (Å²) < 4.78 is 11.0. The third-order valence-electron chi connectivity index (χ3n) is 6.05. The van der Waals surface area contributed by atoms with Gasteiger partial charge in [0.25, 0.3) is 0 Å². The van der Waals surface area contributed by atoms with Crippen LogP contribution in [0.3, 0.4) is 0 Å². The number of fused-ring (bicyclic) bond motifs is 2. The Morgan fingerprint density at radius 3 is 2.43 bits per heavy atom. The second-order valence-electron chi connectivity index (χ2n) is 8.19. The number of methoxy groups -OCH3 is 1. The summed E-state index contributed by atoms with van der Waals surface area (Å²) in [5, 5.41) is 0. The van der Waals surface area contributed by atoms with Crippen molar-refractivity contribution in [3.8, 4) is 5.75 Å². The predicted octanol–water partition coefficient (Wildman–Crippen LogP) is 4.86. The summed E-state index contributed by atoms with van der Waals surface area (Å²) in [6, 6.07) is 6.67. The van der Waals surface area contributed by atoms with Crippen molar-refractivity contribution in [2.75, 3.05) is 26.8 Å². The Hall–Kier alpha value is -2.82. The lowest BCUT2D eigenvalue weighted by Crippen LogP contribution is -2.37. The van der Waals surface area contributed by atoms with E-state index in [2.05, 4.69) is 32.0 Å². The fourth-order valence-corrected chi connectivity index (χ4v) is 4.67. The molecule has 2 aliphatic rings. The molecule has 30 heavy (non-hydrogen) atoms. The van der Waals surface area contributed by atoms with E-state index in [4.69, 9.17) is 14.5 Å². The van der Waals surface area contributed by atoms with Crippen LogP contribution < -0.4 is 4.74 Å². The Bertz CT molecular complexity index is 1000. The highest BCUT2D eigenvalue weighted by atomic mass is 16.6. The molecule has 5 heteroatoms. The van der Waals surface area contributed by atoms with Crippen LogP contribution in [0.25, 0.3) is 5.57 Å². The molecule has 1 aromatic carbocycles. The number of carbonyl (C=O) groups excluding carboxylic acids is 1.